The van der Waals surface area contributed by atoms with Crippen molar-refractivity contribution < 1.29 is 4.74 Å². The Bertz CT molecular complexity index is 1000. The van der Waals surface area contributed by atoms with E-state index in [9.17, 15) is 0 Å². The van der Waals surface area contributed by atoms with Gasteiger partial charge in [-0.25, -0.2) is 5.43 Å². The van der Waals surface area contributed by atoms with E-state index in [2.05, 4.69) is 68.1 Å². The maximum Gasteiger partial charge on any atom is 0.119 e. The first-order valence-corrected chi connectivity index (χ1v) is 11.2. The summed E-state index contributed by atoms with van der Waals surface area (Å²) in [6.45, 7) is 7.51. The highest BCUT2D eigenvalue weighted by Crippen LogP contribution is 2.30. The molecule has 0 saturated carbocycles. The van der Waals surface area contributed by atoms with Crippen LogP contribution >= 0.6 is 0 Å². The molecule has 162 valence electrons. The molecule has 2 N–H and O–H groups in total. The molecule has 0 radical (unpaired) electrons. The first kappa shape index (κ1) is 20.4. The van der Waals surface area contributed by atoms with Crippen LogP contribution in [0.5, 0.6) is 5.75 Å². The minimum Gasteiger partial charge on any atom is -0.497 e. The number of piperazine rings is 1. The molecule has 0 amide bonds. The zero-order chi connectivity index (χ0) is 21.0. The smallest absolute Gasteiger partial charge is 0.119 e. The third kappa shape index (κ3) is 4.72. The molecular weight excluding hydrogens is 386 g/mol. The summed E-state index contributed by atoms with van der Waals surface area (Å²) in [5.41, 5.74) is 9.43. The number of ether oxygens (including phenoxy) is 1. The van der Waals surface area contributed by atoms with Gasteiger partial charge in [-0.3, -0.25) is 15.3 Å². The molecule has 1 aromatic heterocycles. The molecular formula is C25H31N5O. The van der Waals surface area contributed by atoms with Crippen LogP contribution in [-0.2, 0) is 6.54 Å². The molecule has 31 heavy (non-hydrogen) atoms. The van der Waals surface area contributed by atoms with Gasteiger partial charge in [0.2, 0.25) is 0 Å². The Balaban J connectivity index is 1.20. The lowest BCUT2D eigenvalue weighted by molar-refractivity contribution is 0.111. The topological polar surface area (TPSA) is 52.7 Å². The number of nitrogens with zero attached hydrogens (tertiary/aromatic N) is 3. The Morgan fingerprint density at radius 2 is 1.77 bits per heavy atom. The van der Waals surface area contributed by atoms with Gasteiger partial charge in [-0.2, -0.15) is 0 Å². The summed E-state index contributed by atoms with van der Waals surface area (Å²) in [7, 11) is 1.71. The SMILES string of the molecule is COc1ccc2cc(C3NNCC3CN3CCN(Cc4ccccn4)CC3)ccc2c1. The van der Waals surface area contributed by atoms with Crippen LogP contribution in [0.4, 0.5) is 0 Å². The Morgan fingerprint density at radius 1 is 0.968 bits per heavy atom. The van der Waals surface area contributed by atoms with Gasteiger partial charge < -0.3 is 9.64 Å². The molecule has 3 heterocycles. The zero-order valence-electron chi connectivity index (χ0n) is 18.1. The molecule has 2 aliphatic heterocycles. The van der Waals surface area contributed by atoms with E-state index < -0.39 is 0 Å². The third-order valence-corrected chi connectivity index (χ3v) is 6.59. The minimum atomic E-state index is 0.332. The first-order valence-electron chi connectivity index (χ1n) is 11.2. The Morgan fingerprint density at radius 3 is 2.58 bits per heavy atom. The average Bonchev–Trinajstić information content (AvgIpc) is 3.28. The summed E-state index contributed by atoms with van der Waals surface area (Å²) < 4.78 is 5.36. The van der Waals surface area contributed by atoms with Crippen LogP contribution in [0.1, 0.15) is 17.3 Å². The van der Waals surface area contributed by atoms with Gasteiger partial charge in [-0.15, -0.1) is 0 Å². The molecule has 5 rings (SSSR count). The number of rotatable bonds is 6. The number of hydrogen-bond acceptors (Lipinski definition) is 6. The second kappa shape index (κ2) is 9.32. The van der Waals surface area contributed by atoms with Crippen LogP contribution in [0.2, 0.25) is 0 Å². The standard InChI is InChI=1S/C25H31N5O/c1-31-24-8-7-19-14-21(6-5-20(19)15-24)25-22(16-27-28-25)17-29-10-12-30(13-11-29)18-23-4-2-3-9-26-23/h2-9,14-15,22,25,27-28H,10-13,16-18H2,1H3. The number of hydrazine groups is 1. The van der Waals surface area contributed by atoms with E-state index in [-0.39, 0.29) is 0 Å². The van der Waals surface area contributed by atoms with Crippen LogP contribution in [0.3, 0.4) is 0 Å². The Hall–Kier alpha value is -2.51. The number of pyridine rings is 1. The van der Waals surface area contributed by atoms with Crippen molar-refractivity contribution in [1.82, 2.24) is 25.6 Å². The fraction of sp³-hybridized carbons (Fsp3) is 0.400. The van der Waals surface area contributed by atoms with E-state index in [0.29, 0.717) is 12.0 Å². The monoisotopic (exact) mass is 417 g/mol. The molecule has 0 spiro atoms. The summed E-state index contributed by atoms with van der Waals surface area (Å²) >= 11 is 0. The molecule has 6 nitrogen and oxygen atoms in total. The molecule has 2 aromatic carbocycles. The summed E-state index contributed by atoms with van der Waals surface area (Å²) in [4.78, 5) is 9.60. The van der Waals surface area contributed by atoms with E-state index in [1.54, 1.807) is 7.11 Å². The molecule has 6 heteroatoms. The van der Waals surface area contributed by atoms with Gasteiger partial charge in [0.05, 0.1) is 18.8 Å². The largest absolute Gasteiger partial charge is 0.497 e. The van der Waals surface area contributed by atoms with E-state index in [4.69, 9.17) is 4.74 Å². The van der Waals surface area contributed by atoms with E-state index in [1.165, 1.54) is 16.3 Å². The van der Waals surface area contributed by atoms with Gasteiger partial charge in [0.1, 0.15) is 5.75 Å². The lowest BCUT2D eigenvalue weighted by Gasteiger charge is -2.36. The number of nitrogens with one attached hydrogen (secondary N) is 2. The van der Waals surface area contributed by atoms with Gasteiger partial charge in [0.25, 0.3) is 0 Å². The highest BCUT2D eigenvalue weighted by molar-refractivity contribution is 5.84. The Labute approximate surface area is 184 Å². The predicted molar refractivity (Wildman–Crippen MR) is 124 cm³/mol. The van der Waals surface area contributed by atoms with Crippen LogP contribution in [0.15, 0.2) is 60.8 Å². The highest BCUT2D eigenvalue weighted by Gasteiger charge is 2.31. The lowest BCUT2D eigenvalue weighted by atomic mass is 9.92. The van der Waals surface area contributed by atoms with Crippen LogP contribution < -0.4 is 15.6 Å². The summed E-state index contributed by atoms with van der Waals surface area (Å²) in [5, 5.41) is 2.48. The van der Waals surface area contributed by atoms with Gasteiger partial charge in [-0.1, -0.05) is 24.3 Å². The van der Waals surface area contributed by atoms with Gasteiger partial charge in [-0.05, 0) is 46.7 Å². The maximum atomic E-state index is 5.36. The summed E-state index contributed by atoms with van der Waals surface area (Å²) in [5.74, 6) is 1.46. The van der Waals surface area contributed by atoms with Gasteiger partial charge in [0.15, 0.2) is 0 Å². The predicted octanol–water partition coefficient (Wildman–Crippen LogP) is 2.83. The number of benzene rings is 2. The molecule has 0 aliphatic carbocycles. The molecule has 2 atom stereocenters. The molecule has 2 fully saturated rings. The molecule has 2 saturated heterocycles. The van der Waals surface area contributed by atoms with Crippen molar-refractivity contribution >= 4 is 10.8 Å². The first-order chi connectivity index (χ1) is 15.3. The molecule has 3 aromatic rings. The lowest BCUT2D eigenvalue weighted by Crippen LogP contribution is -2.48. The number of hydrogen-bond donors (Lipinski definition) is 2. The quantitative estimate of drug-likeness (QED) is 0.643. The second-order valence-corrected chi connectivity index (χ2v) is 8.63. The molecule has 0 bridgehead atoms. The fourth-order valence-corrected chi connectivity index (χ4v) is 4.81. The van der Waals surface area contributed by atoms with Crippen molar-refractivity contribution in [1.29, 1.82) is 0 Å². The van der Waals surface area contributed by atoms with Crippen molar-refractivity contribution in [2.24, 2.45) is 5.92 Å². The van der Waals surface area contributed by atoms with Crippen LogP contribution in [0, 0.1) is 5.92 Å². The van der Waals surface area contributed by atoms with E-state index >= 15 is 0 Å². The highest BCUT2D eigenvalue weighted by atomic mass is 16.5. The third-order valence-electron chi connectivity index (χ3n) is 6.59. The summed E-state index contributed by atoms with van der Waals surface area (Å²) in [6.07, 6.45) is 1.88. The van der Waals surface area contributed by atoms with Gasteiger partial charge in [0, 0.05) is 57.9 Å². The van der Waals surface area contributed by atoms with E-state index in [0.717, 1.165) is 57.3 Å². The van der Waals surface area contributed by atoms with Crippen molar-refractivity contribution in [3.63, 3.8) is 0 Å². The van der Waals surface area contributed by atoms with Crippen molar-refractivity contribution in [2.45, 2.75) is 12.6 Å². The van der Waals surface area contributed by atoms with Crippen molar-refractivity contribution in [3.05, 3.63) is 72.1 Å². The van der Waals surface area contributed by atoms with Crippen molar-refractivity contribution in [2.75, 3.05) is 46.4 Å². The average molecular weight is 418 g/mol. The van der Waals surface area contributed by atoms with Gasteiger partial charge >= 0.3 is 0 Å². The molecule has 2 aliphatic rings. The minimum absolute atomic E-state index is 0.332. The van der Waals surface area contributed by atoms with Crippen molar-refractivity contribution in [3.8, 4) is 5.75 Å². The fourth-order valence-electron chi connectivity index (χ4n) is 4.81. The maximum absolute atomic E-state index is 5.36. The normalized spacial score (nSPS) is 22.7. The molecule has 2 unspecified atom stereocenters. The number of aromatic nitrogens is 1. The van der Waals surface area contributed by atoms with Crippen LogP contribution in [0.25, 0.3) is 10.8 Å². The van der Waals surface area contributed by atoms with Crippen LogP contribution in [-0.4, -0.2) is 61.2 Å². The second-order valence-electron chi connectivity index (χ2n) is 8.63. The number of methoxy groups -OCH3 is 1. The van der Waals surface area contributed by atoms with E-state index in [1.807, 2.05) is 18.3 Å². The Kier molecular flexibility index (Phi) is 6.13. The zero-order valence-corrected chi connectivity index (χ0v) is 18.1. The number of fused-ring (bicyclic) bond motifs is 1. The summed E-state index contributed by atoms with van der Waals surface area (Å²) in [6, 6.07) is 19.6.